The zero-order valence-electron chi connectivity index (χ0n) is 22.0. The van der Waals surface area contributed by atoms with Gasteiger partial charge in [0.2, 0.25) is 0 Å². The lowest BCUT2D eigenvalue weighted by Gasteiger charge is -2.36. The smallest absolute Gasteiger partial charge is 0.355 e. The summed E-state index contributed by atoms with van der Waals surface area (Å²) in [7, 11) is 3.80. The number of para-hydroxylation sites is 3. The average molecular weight is 539 g/mol. The van der Waals surface area contributed by atoms with E-state index in [2.05, 4.69) is 11.4 Å². The van der Waals surface area contributed by atoms with E-state index < -0.39 is 23.8 Å². The summed E-state index contributed by atoms with van der Waals surface area (Å²) in [6.45, 7) is 0. The fourth-order valence-corrected chi connectivity index (χ4v) is 4.56. The van der Waals surface area contributed by atoms with Gasteiger partial charge in [0.05, 0.1) is 61.4 Å². The second-order valence-corrected chi connectivity index (χ2v) is 8.51. The normalized spacial score (nSPS) is 14.8. The molecule has 1 amide bonds. The minimum absolute atomic E-state index is 0.0146. The molecule has 0 bridgehead atoms. The average Bonchev–Trinajstić information content (AvgIpc) is 3.00. The summed E-state index contributed by atoms with van der Waals surface area (Å²) in [6, 6.07) is 23.9. The van der Waals surface area contributed by atoms with Gasteiger partial charge in [-0.05, 0) is 29.8 Å². The molecule has 40 heavy (non-hydrogen) atoms. The molecule has 1 unspecified atom stereocenters. The Balaban J connectivity index is 1.97. The van der Waals surface area contributed by atoms with Gasteiger partial charge in [0.25, 0.3) is 5.91 Å². The molecule has 0 spiro atoms. The molecule has 202 valence electrons. The van der Waals surface area contributed by atoms with E-state index in [-0.39, 0.29) is 33.9 Å². The molecule has 0 aliphatic carbocycles. The minimum Gasteiger partial charge on any atom is -0.495 e. The van der Waals surface area contributed by atoms with Crippen LogP contribution in [0.2, 0.25) is 0 Å². The van der Waals surface area contributed by atoms with E-state index in [0.29, 0.717) is 17.0 Å². The predicted octanol–water partition coefficient (Wildman–Crippen LogP) is 3.85. The summed E-state index contributed by atoms with van der Waals surface area (Å²) in [5, 5.41) is 13.0. The number of benzene rings is 3. The Bertz CT molecular complexity index is 1570. The number of esters is 2. The summed E-state index contributed by atoms with van der Waals surface area (Å²) in [6.07, 6.45) is 0. The lowest BCUT2D eigenvalue weighted by atomic mass is 9.80. The van der Waals surface area contributed by atoms with Crippen molar-refractivity contribution in [1.29, 1.82) is 5.26 Å². The number of allylic oxidation sites excluding steroid dienone is 1. The number of carbonyl (C=O) groups excluding carboxylic acids is 3. The monoisotopic (exact) mass is 538 g/mol. The molecule has 0 saturated carbocycles. The second kappa shape index (κ2) is 11.9. The highest BCUT2D eigenvalue weighted by molar-refractivity contribution is 6.12. The summed E-state index contributed by atoms with van der Waals surface area (Å²) in [5.41, 5.74) is 7.30. The minimum atomic E-state index is -1.03. The Morgan fingerprint density at radius 3 is 2.15 bits per heavy atom. The molecule has 3 aromatic rings. The van der Waals surface area contributed by atoms with Gasteiger partial charge in [0, 0.05) is 0 Å². The van der Waals surface area contributed by atoms with Crippen LogP contribution >= 0.6 is 0 Å². The van der Waals surface area contributed by atoms with E-state index in [1.54, 1.807) is 72.8 Å². The number of nitriles is 1. The Morgan fingerprint density at radius 1 is 0.875 bits per heavy atom. The molecule has 3 aromatic carbocycles. The van der Waals surface area contributed by atoms with Crippen molar-refractivity contribution < 1.29 is 28.6 Å². The number of hydrogen-bond acceptors (Lipinski definition) is 9. The molecule has 1 heterocycles. The summed E-state index contributed by atoms with van der Waals surface area (Å²) >= 11 is 0. The number of nitrogens with zero attached hydrogens (tertiary/aromatic N) is 2. The maximum Gasteiger partial charge on any atom is 0.355 e. The molecule has 1 atom stereocenters. The first kappa shape index (κ1) is 27.5. The predicted molar refractivity (Wildman–Crippen MR) is 147 cm³/mol. The first-order chi connectivity index (χ1) is 19.4. The van der Waals surface area contributed by atoms with Crippen molar-refractivity contribution in [2.45, 2.75) is 5.92 Å². The van der Waals surface area contributed by atoms with Crippen molar-refractivity contribution in [2.24, 2.45) is 5.73 Å². The third-order valence-electron chi connectivity index (χ3n) is 6.36. The lowest BCUT2D eigenvalue weighted by molar-refractivity contribution is -0.139. The van der Waals surface area contributed by atoms with Crippen LogP contribution in [0, 0.1) is 11.3 Å². The fraction of sp³-hybridized carbons (Fsp3) is 0.133. The Labute approximate surface area is 230 Å². The van der Waals surface area contributed by atoms with Gasteiger partial charge in [-0.1, -0.05) is 54.6 Å². The highest BCUT2D eigenvalue weighted by Gasteiger charge is 2.43. The first-order valence-corrected chi connectivity index (χ1v) is 12.1. The molecule has 4 rings (SSSR count). The molecule has 0 saturated heterocycles. The Hall–Kier alpha value is -5.56. The zero-order chi connectivity index (χ0) is 28.8. The molecule has 0 fully saturated rings. The molecular formula is C30H26N4O6. The summed E-state index contributed by atoms with van der Waals surface area (Å²) in [4.78, 5) is 41.4. The van der Waals surface area contributed by atoms with E-state index in [1.807, 2.05) is 0 Å². The van der Waals surface area contributed by atoms with Crippen molar-refractivity contribution >= 4 is 29.2 Å². The number of methoxy groups -OCH3 is 3. The molecule has 10 nitrogen and oxygen atoms in total. The number of hydrogen-bond donors (Lipinski definition) is 2. The van der Waals surface area contributed by atoms with Gasteiger partial charge < -0.3 is 25.3 Å². The van der Waals surface area contributed by atoms with Crippen LogP contribution in [0.1, 0.15) is 21.8 Å². The number of rotatable bonds is 7. The van der Waals surface area contributed by atoms with Gasteiger partial charge in [0.15, 0.2) is 0 Å². The van der Waals surface area contributed by atoms with Crippen LogP contribution in [-0.2, 0) is 19.1 Å². The van der Waals surface area contributed by atoms with Crippen molar-refractivity contribution in [2.75, 3.05) is 31.5 Å². The van der Waals surface area contributed by atoms with Crippen LogP contribution < -0.4 is 20.7 Å². The van der Waals surface area contributed by atoms with Crippen molar-refractivity contribution in [1.82, 2.24) is 0 Å². The van der Waals surface area contributed by atoms with Crippen LogP contribution in [0.4, 0.5) is 11.4 Å². The Kier molecular flexibility index (Phi) is 8.16. The summed E-state index contributed by atoms with van der Waals surface area (Å²) < 4.78 is 15.5. The molecule has 10 heteroatoms. The van der Waals surface area contributed by atoms with Gasteiger partial charge in [0.1, 0.15) is 17.3 Å². The van der Waals surface area contributed by atoms with Gasteiger partial charge in [-0.2, -0.15) is 5.26 Å². The summed E-state index contributed by atoms with van der Waals surface area (Å²) in [5.74, 6) is -3.08. The van der Waals surface area contributed by atoms with Crippen LogP contribution in [-0.4, -0.2) is 39.2 Å². The van der Waals surface area contributed by atoms with E-state index in [4.69, 9.17) is 19.9 Å². The standard InChI is InChI=1S/C30H26N4O6/c1-38-23-16-10-8-14-21(23)33-28(35)19-13-7-9-15-22(19)34-26(30(37)40-3)25(29(36)39-2)24(20(17-31)27(34)32)18-11-5-4-6-12-18/h4-16,24H,32H2,1-3H3,(H,33,35). The molecule has 1 aliphatic heterocycles. The van der Waals surface area contributed by atoms with Crippen LogP contribution in [0.25, 0.3) is 0 Å². The van der Waals surface area contributed by atoms with Crippen LogP contribution in [0.3, 0.4) is 0 Å². The van der Waals surface area contributed by atoms with Crippen molar-refractivity contribution in [3.05, 3.63) is 113 Å². The van der Waals surface area contributed by atoms with Gasteiger partial charge in [-0.3, -0.25) is 9.69 Å². The molecule has 1 aliphatic rings. The van der Waals surface area contributed by atoms with Crippen molar-refractivity contribution in [3.63, 3.8) is 0 Å². The molecular weight excluding hydrogens is 512 g/mol. The first-order valence-electron chi connectivity index (χ1n) is 12.1. The second-order valence-electron chi connectivity index (χ2n) is 8.51. The number of nitrogens with one attached hydrogen (secondary N) is 1. The topological polar surface area (TPSA) is 144 Å². The van der Waals surface area contributed by atoms with Crippen LogP contribution in [0.15, 0.2) is 102 Å². The van der Waals surface area contributed by atoms with Gasteiger partial charge in [-0.15, -0.1) is 0 Å². The van der Waals surface area contributed by atoms with E-state index in [9.17, 15) is 19.6 Å². The number of carbonyl (C=O) groups is 3. The maximum absolute atomic E-state index is 13.6. The SMILES string of the molecule is COC(=O)C1=C(C(=O)OC)N(c2ccccc2C(=O)Nc2ccccc2OC)C(N)=C(C#N)C1c1ccccc1. The van der Waals surface area contributed by atoms with E-state index in [0.717, 1.165) is 7.11 Å². The Morgan fingerprint density at radius 2 is 1.50 bits per heavy atom. The van der Waals surface area contributed by atoms with E-state index in [1.165, 1.54) is 25.2 Å². The van der Waals surface area contributed by atoms with Gasteiger partial charge in [-0.25, -0.2) is 9.59 Å². The maximum atomic E-state index is 13.6. The number of nitrogens with two attached hydrogens (primary N) is 1. The fourth-order valence-electron chi connectivity index (χ4n) is 4.56. The number of anilines is 2. The lowest BCUT2D eigenvalue weighted by Crippen LogP contribution is -2.41. The van der Waals surface area contributed by atoms with E-state index >= 15 is 0 Å². The molecule has 3 N–H and O–H groups in total. The molecule has 0 radical (unpaired) electrons. The third kappa shape index (κ3) is 4.96. The third-order valence-corrected chi connectivity index (χ3v) is 6.36. The van der Waals surface area contributed by atoms with Crippen LogP contribution in [0.5, 0.6) is 5.75 Å². The number of ether oxygens (including phenoxy) is 3. The van der Waals surface area contributed by atoms with Crippen molar-refractivity contribution in [3.8, 4) is 11.8 Å². The van der Waals surface area contributed by atoms with Gasteiger partial charge >= 0.3 is 11.9 Å². The highest BCUT2D eigenvalue weighted by Crippen LogP contribution is 2.44. The number of amides is 1. The highest BCUT2D eigenvalue weighted by atomic mass is 16.5. The molecule has 0 aromatic heterocycles. The largest absolute Gasteiger partial charge is 0.495 e. The zero-order valence-corrected chi connectivity index (χ0v) is 22.0. The quantitative estimate of drug-likeness (QED) is 0.429.